The number of unbranched alkanes of at least 4 members (excludes halogenated alkanes) is 2. The first-order chi connectivity index (χ1) is 26.3. The maximum absolute atomic E-state index is 12.7. The molecule has 0 saturated carbocycles. The van der Waals surface area contributed by atoms with Crippen LogP contribution < -0.4 is 48.5 Å². The largest absolute Gasteiger partial charge is 0.493 e. The van der Waals surface area contributed by atoms with Gasteiger partial charge in [0.15, 0.2) is 40.3 Å². The van der Waals surface area contributed by atoms with E-state index in [0.29, 0.717) is 92.5 Å². The highest BCUT2D eigenvalue weighted by Gasteiger charge is 2.26. The molecule has 0 saturated heterocycles. The first kappa shape index (κ1) is 37.8. The van der Waals surface area contributed by atoms with Gasteiger partial charge in [0, 0.05) is 27.9 Å². The third-order valence-corrected chi connectivity index (χ3v) is 9.07. The molecule has 1 aliphatic rings. The zero-order valence-corrected chi connectivity index (χ0v) is 31.6. The monoisotopic (exact) mass is 759 g/mol. The maximum atomic E-state index is 12.7. The fraction of sp³-hybridized carbons (Fsp3) is 0.300. The molecule has 1 unspecified atom stereocenters. The van der Waals surface area contributed by atoms with Gasteiger partial charge < -0.3 is 53.1 Å². The van der Waals surface area contributed by atoms with E-state index in [1.807, 2.05) is 36.4 Å². The molecule has 0 radical (unpaired) electrons. The minimum atomic E-state index is -0.432. The van der Waals surface area contributed by atoms with E-state index < -0.39 is 6.17 Å². The highest BCUT2D eigenvalue weighted by atomic mass is 35.5. The van der Waals surface area contributed by atoms with Gasteiger partial charge in [-0.25, -0.2) is 0 Å². The predicted molar refractivity (Wildman–Crippen MR) is 203 cm³/mol. The van der Waals surface area contributed by atoms with Gasteiger partial charge in [0.25, 0.3) is 5.91 Å². The van der Waals surface area contributed by atoms with Crippen LogP contribution in [0.3, 0.4) is 0 Å². The Labute approximate surface area is 318 Å². The third kappa shape index (κ3) is 8.16. The lowest BCUT2D eigenvalue weighted by Crippen LogP contribution is -2.38. The summed E-state index contributed by atoms with van der Waals surface area (Å²) in [6.07, 6.45) is 1.99. The number of carbonyl (C=O) groups excluding carboxylic acids is 1. The molecule has 6 rings (SSSR count). The van der Waals surface area contributed by atoms with Crippen LogP contribution in [0.4, 0.5) is 5.69 Å². The Bertz CT molecular complexity index is 2050. The van der Waals surface area contributed by atoms with E-state index in [-0.39, 0.29) is 5.91 Å². The molecular weight excluding hydrogens is 718 g/mol. The SMILES string of the molecule is COc1cc(C2NC(=O)c3cc(Cl)ccc3N2)ccc1OCCCCCOc1c(OC)cc(-c2cc(-c3cc(OC)c(OC)c(OC)c3)on2)cc1OC. The van der Waals surface area contributed by atoms with E-state index in [2.05, 4.69) is 15.8 Å². The van der Waals surface area contributed by atoms with Crippen molar-refractivity contribution in [1.82, 2.24) is 10.5 Å². The number of carbonyl (C=O) groups is 1. The van der Waals surface area contributed by atoms with Gasteiger partial charge in [-0.15, -0.1) is 0 Å². The Morgan fingerprint density at radius 1 is 0.630 bits per heavy atom. The van der Waals surface area contributed by atoms with Crippen molar-refractivity contribution in [3.05, 3.63) is 82.9 Å². The molecular formula is C40H42ClN3O10. The van der Waals surface area contributed by atoms with E-state index in [1.165, 1.54) is 0 Å². The van der Waals surface area contributed by atoms with E-state index in [0.717, 1.165) is 30.4 Å². The topological polar surface area (TPSA) is 141 Å². The van der Waals surface area contributed by atoms with Crippen molar-refractivity contribution in [2.45, 2.75) is 25.4 Å². The van der Waals surface area contributed by atoms with E-state index in [1.54, 1.807) is 73.0 Å². The van der Waals surface area contributed by atoms with Gasteiger partial charge in [-0.2, -0.15) is 0 Å². The molecule has 1 aromatic heterocycles. The Kier molecular flexibility index (Phi) is 12.1. The highest BCUT2D eigenvalue weighted by molar-refractivity contribution is 6.31. The molecule has 1 atom stereocenters. The van der Waals surface area contributed by atoms with Crippen LogP contribution in [0.2, 0.25) is 5.02 Å². The minimum absolute atomic E-state index is 0.205. The molecule has 284 valence electrons. The fourth-order valence-corrected chi connectivity index (χ4v) is 6.23. The van der Waals surface area contributed by atoms with Crippen LogP contribution in [-0.2, 0) is 0 Å². The van der Waals surface area contributed by atoms with Gasteiger partial charge in [0.05, 0.1) is 61.4 Å². The van der Waals surface area contributed by atoms with Gasteiger partial charge in [-0.05, 0) is 79.4 Å². The van der Waals surface area contributed by atoms with Crippen LogP contribution in [-0.4, -0.2) is 66.9 Å². The van der Waals surface area contributed by atoms with Crippen LogP contribution in [0.1, 0.15) is 41.3 Å². The standard InChI is InChI=1S/C40H42ClN3O10/c1-46-32-16-23(39-42-28-12-11-26(41)21-27(28)40(45)43-39)10-13-30(32)52-14-8-7-9-15-53-38-35(49-4)17-24(18-36(38)50-5)29-22-31(54-44-29)25-19-33(47-2)37(51-6)34(20-25)48-3/h10-13,16-22,39,42H,7-9,14-15H2,1-6H3,(H,43,45). The predicted octanol–water partition coefficient (Wildman–Crippen LogP) is 8.20. The van der Waals surface area contributed by atoms with Gasteiger partial charge in [0.1, 0.15) is 11.9 Å². The first-order valence-electron chi connectivity index (χ1n) is 17.1. The van der Waals surface area contributed by atoms with Crippen molar-refractivity contribution in [3.8, 4) is 68.6 Å². The summed E-state index contributed by atoms with van der Waals surface area (Å²) < 4.78 is 51.3. The number of ether oxygens (including phenoxy) is 8. The van der Waals surface area contributed by atoms with Gasteiger partial charge in [0.2, 0.25) is 11.5 Å². The molecule has 2 heterocycles. The number of nitrogens with zero attached hydrogens (tertiary/aromatic N) is 1. The third-order valence-electron chi connectivity index (χ3n) is 8.83. The Morgan fingerprint density at radius 2 is 1.26 bits per heavy atom. The summed E-state index contributed by atoms with van der Waals surface area (Å²) in [5.74, 6) is 4.45. The van der Waals surface area contributed by atoms with Crippen LogP contribution in [0, 0.1) is 0 Å². The summed E-state index contributed by atoms with van der Waals surface area (Å²) in [6, 6.07) is 19.8. The summed E-state index contributed by atoms with van der Waals surface area (Å²) in [5.41, 5.74) is 4.02. The van der Waals surface area contributed by atoms with E-state index in [9.17, 15) is 4.79 Å². The van der Waals surface area contributed by atoms with Crippen molar-refractivity contribution in [2.24, 2.45) is 0 Å². The second-order valence-electron chi connectivity index (χ2n) is 12.1. The zero-order chi connectivity index (χ0) is 38.2. The highest BCUT2D eigenvalue weighted by Crippen LogP contribution is 2.44. The van der Waals surface area contributed by atoms with Crippen LogP contribution in [0.25, 0.3) is 22.6 Å². The molecule has 54 heavy (non-hydrogen) atoms. The quantitative estimate of drug-likeness (QED) is 0.0883. The average Bonchev–Trinajstić information content (AvgIpc) is 3.70. The second-order valence-corrected chi connectivity index (χ2v) is 12.5. The van der Waals surface area contributed by atoms with E-state index >= 15 is 0 Å². The molecule has 1 amide bonds. The van der Waals surface area contributed by atoms with Crippen molar-refractivity contribution in [3.63, 3.8) is 0 Å². The zero-order valence-electron chi connectivity index (χ0n) is 30.9. The van der Waals surface area contributed by atoms with E-state index in [4.69, 9.17) is 54.0 Å². The van der Waals surface area contributed by atoms with Crippen LogP contribution >= 0.6 is 11.6 Å². The molecule has 14 heteroatoms. The molecule has 13 nitrogen and oxygen atoms in total. The molecule has 1 aliphatic heterocycles. The molecule has 0 spiro atoms. The normalized spacial score (nSPS) is 13.2. The molecule has 0 bridgehead atoms. The van der Waals surface area contributed by atoms with Gasteiger partial charge in [-0.3, -0.25) is 4.79 Å². The first-order valence-corrected chi connectivity index (χ1v) is 17.5. The Hall–Kier alpha value is -5.95. The number of halogens is 1. The number of anilines is 1. The van der Waals surface area contributed by atoms with Crippen molar-refractivity contribution in [1.29, 1.82) is 0 Å². The summed E-state index contributed by atoms with van der Waals surface area (Å²) in [5, 5.41) is 11.1. The Balaban J connectivity index is 1.02. The smallest absolute Gasteiger partial charge is 0.255 e. The van der Waals surface area contributed by atoms with Crippen LogP contribution in [0.5, 0.6) is 46.0 Å². The second kappa shape index (κ2) is 17.3. The lowest BCUT2D eigenvalue weighted by Gasteiger charge is -2.28. The van der Waals surface area contributed by atoms with Gasteiger partial charge >= 0.3 is 0 Å². The van der Waals surface area contributed by atoms with Gasteiger partial charge in [-0.1, -0.05) is 22.8 Å². The average molecular weight is 760 g/mol. The maximum Gasteiger partial charge on any atom is 0.255 e. The summed E-state index contributed by atoms with van der Waals surface area (Å²) >= 11 is 6.07. The Morgan fingerprint density at radius 3 is 1.91 bits per heavy atom. The number of methoxy groups -OCH3 is 6. The number of amides is 1. The number of hydrogen-bond donors (Lipinski definition) is 2. The van der Waals surface area contributed by atoms with Crippen LogP contribution in [0.15, 0.2) is 71.3 Å². The number of rotatable bonds is 17. The van der Waals surface area contributed by atoms with Crippen molar-refractivity contribution in [2.75, 3.05) is 61.2 Å². The summed E-state index contributed by atoms with van der Waals surface area (Å²) in [7, 11) is 9.40. The number of nitrogens with one attached hydrogen (secondary N) is 2. The molecule has 5 aromatic rings. The molecule has 0 fully saturated rings. The number of hydrogen-bond acceptors (Lipinski definition) is 12. The fourth-order valence-electron chi connectivity index (χ4n) is 6.06. The molecule has 4 aromatic carbocycles. The minimum Gasteiger partial charge on any atom is -0.493 e. The van der Waals surface area contributed by atoms with Crippen molar-refractivity contribution >= 4 is 23.2 Å². The molecule has 2 N–H and O–H groups in total. The summed E-state index contributed by atoms with van der Waals surface area (Å²) in [4.78, 5) is 12.7. The number of fused-ring (bicyclic) bond motifs is 1. The molecule has 0 aliphatic carbocycles. The lowest BCUT2D eigenvalue weighted by atomic mass is 10.1. The number of aromatic nitrogens is 1. The van der Waals surface area contributed by atoms with Crippen molar-refractivity contribution < 1.29 is 47.2 Å². The lowest BCUT2D eigenvalue weighted by molar-refractivity contribution is 0.0935. The summed E-state index contributed by atoms with van der Waals surface area (Å²) in [6.45, 7) is 0.925. The number of benzene rings is 4.